The van der Waals surface area contributed by atoms with E-state index in [1.165, 1.54) is 12.8 Å². The molecule has 1 fully saturated rings. The zero-order valence-electron chi connectivity index (χ0n) is 11.9. The van der Waals surface area contributed by atoms with Gasteiger partial charge >= 0.3 is 0 Å². The summed E-state index contributed by atoms with van der Waals surface area (Å²) in [5.41, 5.74) is 2.52. The van der Waals surface area contributed by atoms with Crippen LogP contribution in [-0.4, -0.2) is 22.8 Å². The fraction of sp³-hybridized carbons (Fsp3) is 0.500. The third-order valence-electron chi connectivity index (χ3n) is 3.80. The van der Waals surface area contributed by atoms with Crippen LogP contribution in [0.2, 0.25) is 0 Å². The summed E-state index contributed by atoms with van der Waals surface area (Å²) in [6, 6.07) is 7.72. The molecule has 0 spiro atoms. The van der Waals surface area contributed by atoms with Crippen molar-refractivity contribution < 1.29 is 4.74 Å². The van der Waals surface area contributed by atoms with Crippen LogP contribution in [0.4, 0.5) is 0 Å². The molecule has 5 heteroatoms. The topological polar surface area (TPSA) is 50.8 Å². The molecule has 0 unspecified atom stereocenters. The highest BCUT2D eigenvalue weighted by atomic mass is 35.5. The van der Waals surface area contributed by atoms with Crippen molar-refractivity contribution >= 4 is 22.6 Å². The van der Waals surface area contributed by atoms with Crippen LogP contribution in [0.25, 0.3) is 11.0 Å². The Labute approximate surface area is 129 Å². The summed E-state index contributed by atoms with van der Waals surface area (Å²) in [6.07, 6.45) is 3.57. The summed E-state index contributed by atoms with van der Waals surface area (Å²) in [5.74, 6) is 2.03. The molecule has 0 amide bonds. The maximum absolute atomic E-state index is 9.03. The molecule has 21 heavy (non-hydrogen) atoms. The molecule has 1 saturated carbocycles. The molecule has 110 valence electrons. The van der Waals surface area contributed by atoms with Crippen molar-refractivity contribution in [3.63, 3.8) is 0 Å². The molecule has 3 rings (SSSR count). The van der Waals surface area contributed by atoms with Gasteiger partial charge in [-0.3, -0.25) is 0 Å². The average Bonchev–Trinajstić information content (AvgIpc) is 3.27. The second kappa shape index (κ2) is 6.46. The lowest BCUT2D eigenvalue weighted by Gasteiger charge is -2.08. The van der Waals surface area contributed by atoms with Gasteiger partial charge in [0.25, 0.3) is 0 Å². The van der Waals surface area contributed by atoms with Gasteiger partial charge in [0.05, 0.1) is 28.5 Å². The fourth-order valence-electron chi connectivity index (χ4n) is 2.45. The van der Waals surface area contributed by atoms with E-state index in [4.69, 9.17) is 21.6 Å². The summed E-state index contributed by atoms with van der Waals surface area (Å²) in [4.78, 5) is 4.52. The smallest absolute Gasteiger partial charge is 0.124 e. The van der Waals surface area contributed by atoms with E-state index in [2.05, 4.69) is 15.6 Å². The molecule has 4 nitrogen and oxygen atoms in total. The van der Waals surface area contributed by atoms with Gasteiger partial charge in [-0.25, -0.2) is 4.98 Å². The molecule has 0 bridgehead atoms. The van der Waals surface area contributed by atoms with E-state index in [1.54, 1.807) is 6.07 Å². The molecule has 1 aliphatic rings. The van der Waals surface area contributed by atoms with Gasteiger partial charge in [0.15, 0.2) is 0 Å². The van der Waals surface area contributed by atoms with Crippen molar-refractivity contribution in [2.75, 3.05) is 13.2 Å². The van der Waals surface area contributed by atoms with Crippen molar-refractivity contribution in [2.24, 2.45) is 5.92 Å². The molecule has 1 aromatic carbocycles. The standard InChI is InChI=1S/C16H18ClN3O/c17-9-16-19-14-5-4-13(10-18)8-15(14)20(16)6-1-7-21-11-12-2-3-12/h4-5,8,12H,1-3,6-7,9,11H2. The van der Waals surface area contributed by atoms with Crippen LogP contribution >= 0.6 is 11.6 Å². The molecular weight excluding hydrogens is 286 g/mol. The number of aryl methyl sites for hydroxylation is 1. The lowest BCUT2D eigenvalue weighted by atomic mass is 10.2. The van der Waals surface area contributed by atoms with E-state index in [-0.39, 0.29) is 0 Å². The average molecular weight is 304 g/mol. The van der Waals surface area contributed by atoms with Gasteiger partial charge < -0.3 is 9.30 Å². The minimum Gasteiger partial charge on any atom is -0.381 e. The monoisotopic (exact) mass is 303 g/mol. The van der Waals surface area contributed by atoms with Crippen LogP contribution in [0.15, 0.2) is 18.2 Å². The molecule has 1 aromatic heterocycles. The third kappa shape index (κ3) is 3.37. The van der Waals surface area contributed by atoms with Crippen LogP contribution < -0.4 is 0 Å². The Morgan fingerprint density at radius 1 is 1.43 bits per heavy atom. The minimum atomic E-state index is 0.375. The van der Waals surface area contributed by atoms with Crippen molar-refractivity contribution in [2.45, 2.75) is 31.7 Å². The Bertz CT molecular complexity index is 670. The maximum atomic E-state index is 9.03. The predicted octanol–water partition coefficient (Wildman–Crippen LogP) is 3.46. The zero-order valence-corrected chi connectivity index (χ0v) is 12.6. The second-order valence-corrected chi connectivity index (χ2v) is 5.77. The molecule has 0 radical (unpaired) electrons. The van der Waals surface area contributed by atoms with Gasteiger partial charge in [-0.1, -0.05) is 0 Å². The number of hydrogen-bond donors (Lipinski definition) is 0. The first kappa shape index (κ1) is 14.4. The highest BCUT2D eigenvalue weighted by Gasteiger charge is 2.20. The van der Waals surface area contributed by atoms with Crippen molar-refractivity contribution in [3.05, 3.63) is 29.6 Å². The van der Waals surface area contributed by atoms with Gasteiger partial charge in [-0.15, -0.1) is 11.6 Å². The lowest BCUT2D eigenvalue weighted by Crippen LogP contribution is -2.07. The second-order valence-electron chi connectivity index (χ2n) is 5.50. The quantitative estimate of drug-likeness (QED) is 0.581. The van der Waals surface area contributed by atoms with Crippen LogP contribution in [0, 0.1) is 17.2 Å². The van der Waals surface area contributed by atoms with E-state index in [1.807, 2.05) is 12.1 Å². The lowest BCUT2D eigenvalue weighted by molar-refractivity contribution is 0.119. The zero-order chi connectivity index (χ0) is 14.7. The van der Waals surface area contributed by atoms with Gasteiger partial charge in [0.1, 0.15) is 5.82 Å². The highest BCUT2D eigenvalue weighted by Crippen LogP contribution is 2.28. The first-order valence-corrected chi connectivity index (χ1v) is 7.88. The van der Waals surface area contributed by atoms with E-state index in [9.17, 15) is 0 Å². The maximum Gasteiger partial charge on any atom is 0.124 e. The first-order valence-electron chi connectivity index (χ1n) is 7.35. The number of halogens is 1. The van der Waals surface area contributed by atoms with Gasteiger partial charge in [0.2, 0.25) is 0 Å². The minimum absolute atomic E-state index is 0.375. The van der Waals surface area contributed by atoms with E-state index < -0.39 is 0 Å². The van der Waals surface area contributed by atoms with Gasteiger partial charge in [-0.05, 0) is 43.4 Å². The highest BCUT2D eigenvalue weighted by molar-refractivity contribution is 6.16. The molecule has 0 N–H and O–H groups in total. The molecule has 1 heterocycles. The van der Waals surface area contributed by atoms with Crippen LogP contribution in [0.3, 0.4) is 0 Å². The number of rotatable bonds is 7. The summed E-state index contributed by atoms with van der Waals surface area (Å²) < 4.78 is 7.77. The fourth-order valence-corrected chi connectivity index (χ4v) is 2.66. The number of alkyl halides is 1. The summed E-state index contributed by atoms with van der Waals surface area (Å²) in [7, 11) is 0. The Hall–Kier alpha value is -1.57. The van der Waals surface area contributed by atoms with Gasteiger partial charge in [-0.2, -0.15) is 5.26 Å². The molecular formula is C16H18ClN3O. The van der Waals surface area contributed by atoms with Crippen LogP contribution in [0.1, 0.15) is 30.7 Å². The number of aromatic nitrogens is 2. The number of hydrogen-bond acceptors (Lipinski definition) is 3. The van der Waals surface area contributed by atoms with E-state index in [0.29, 0.717) is 11.4 Å². The number of benzene rings is 1. The van der Waals surface area contributed by atoms with E-state index in [0.717, 1.165) is 49.0 Å². The van der Waals surface area contributed by atoms with E-state index >= 15 is 0 Å². The van der Waals surface area contributed by atoms with Crippen LogP contribution in [0.5, 0.6) is 0 Å². The Kier molecular flexibility index (Phi) is 4.42. The van der Waals surface area contributed by atoms with Gasteiger partial charge in [0, 0.05) is 19.8 Å². The Morgan fingerprint density at radius 2 is 2.29 bits per heavy atom. The predicted molar refractivity (Wildman–Crippen MR) is 82.2 cm³/mol. The van der Waals surface area contributed by atoms with Crippen molar-refractivity contribution in [1.82, 2.24) is 9.55 Å². The number of nitrogens with zero attached hydrogens (tertiary/aromatic N) is 3. The number of fused-ring (bicyclic) bond motifs is 1. The Balaban J connectivity index is 1.70. The summed E-state index contributed by atoms with van der Waals surface area (Å²) >= 11 is 5.99. The number of ether oxygens (including phenoxy) is 1. The van der Waals surface area contributed by atoms with Crippen LogP contribution in [-0.2, 0) is 17.2 Å². The molecule has 1 aliphatic carbocycles. The van der Waals surface area contributed by atoms with Crippen molar-refractivity contribution in [3.8, 4) is 6.07 Å². The summed E-state index contributed by atoms with van der Waals surface area (Å²) in [6.45, 7) is 2.47. The largest absolute Gasteiger partial charge is 0.381 e. The first-order chi connectivity index (χ1) is 10.3. The molecule has 0 atom stereocenters. The Morgan fingerprint density at radius 3 is 3.00 bits per heavy atom. The number of nitriles is 1. The SMILES string of the molecule is N#Cc1ccc2nc(CCl)n(CCCOCC3CC3)c2c1. The normalized spacial score (nSPS) is 14.5. The summed E-state index contributed by atoms with van der Waals surface area (Å²) in [5, 5.41) is 9.03. The molecule has 0 saturated heterocycles. The molecule has 2 aromatic rings. The molecule has 0 aliphatic heterocycles. The third-order valence-corrected chi connectivity index (χ3v) is 4.04. The number of imidazole rings is 1. The van der Waals surface area contributed by atoms with Crippen molar-refractivity contribution in [1.29, 1.82) is 5.26 Å².